The average Bonchev–Trinajstić information content (AvgIpc) is 2.33. The monoisotopic (exact) mass is 250 g/mol. The van der Waals surface area contributed by atoms with Gasteiger partial charge in [0.05, 0.1) is 24.5 Å². The molecule has 4 N–H and O–H groups in total. The lowest BCUT2D eigenvalue weighted by molar-refractivity contribution is 0.0420. The molecule has 0 heterocycles. The number of nitrogens with two attached hydrogens (primary N) is 1. The van der Waals surface area contributed by atoms with Crippen LogP contribution in [0.5, 0.6) is 5.75 Å². The van der Waals surface area contributed by atoms with E-state index in [2.05, 4.69) is 5.32 Å². The van der Waals surface area contributed by atoms with Crippen LogP contribution in [0.2, 0.25) is 0 Å². The highest BCUT2D eigenvalue weighted by Gasteiger charge is 2.27. The zero-order valence-corrected chi connectivity index (χ0v) is 10.3. The second kappa shape index (κ2) is 5.27. The molecule has 98 valence electrons. The lowest BCUT2D eigenvalue weighted by Crippen LogP contribution is -2.38. The molecule has 0 spiro atoms. The van der Waals surface area contributed by atoms with Gasteiger partial charge in [0.2, 0.25) is 0 Å². The van der Waals surface area contributed by atoms with Crippen molar-refractivity contribution in [2.75, 3.05) is 19.4 Å². The molecule has 1 aliphatic carbocycles. The lowest BCUT2D eigenvalue weighted by Gasteiger charge is -2.31. The van der Waals surface area contributed by atoms with Crippen molar-refractivity contribution in [1.29, 1.82) is 0 Å². The zero-order valence-electron chi connectivity index (χ0n) is 10.3. The molecule has 1 saturated carbocycles. The number of aliphatic hydroxyl groups is 1. The highest BCUT2D eigenvalue weighted by Crippen LogP contribution is 2.27. The third-order valence-electron chi connectivity index (χ3n) is 3.29. The van der Waals surface area contributed by atoms with Gasteiger partial charge in [-0.2, -0.15) is 0 Å². The fourth-order valence-corrected chi connectivity index (χ4v) is 2.12. The maximum Gasteiger partial charge on any atom is 0.253 e. The normalized spacial score (nSPS) is 22.1. The summed E-state index contributed by atoms with van der Waals surface area (Å²) in [6.07, 6.45) is 1.32. The van der Waals surface area contributed by atoms with Gasteiger partial charge in [0.1, 0.15) is 5.75 Å². The Labute approximate surface area is 106 Å². The molecule has 0 atom stereocenters. The second-order valence-electron chi connectivity index (χ2n) is 4.62. The molecule has 5 heteroatoms. The number of anilines is 1. The number of benzene rings is 1. The van der Waals surface area contributed by atoms with Crippen molar-refractivity contribution in [2.45, 2.75) is 18.9 Å². The zero-order chi connectivity index (χ0) is 13.1. The first kappa shape index (κ1) is 12.7. The van der Waals surface area contributed by atoms with Crippen molar-refractivity contribution in [1.82, 2.24) is 5.32 Å². The van der Waals surface area contributed by atoms with E-state index in [0.717, 1.165) is 12.8 Å². The van der Waals surface area contributed by atoms with Gasteiger partial charge in [0, 0.05) is 6.54 Å². The van der Waals surface area contributed by atoms with Gasteiger partial charge in [-0.1, -0.05) is 6.07 Å². The summed E-state index contributed by atoms with van der Waals surface area (Å²) < 4.78 is 5.07. The highest BCUT2D eigenvalue weighted by molar-refractivity contribution is 6.00. The van der Waals surface area contributed by atoms with E-state index in [1.807, 2.05) is 0 Å². The number of rotatable bonds is 4. The number of nitrogen functional groups attached to an aromatic ring is 1. The molecule has 0 radical (unpaired) electrons. The predicted molar refractivity (Wildman–Crippen MR) is 68.5 cm³/mol. The first-order chi connectivity index (χ1) is 8.61. The van der Waals surface area contributed by atoms with Crippen LogP contribution in [0.3, 0.4) is 0 Å². The maximum atomic E-state index is 12.0. The third-order valence-corrected chi connectivity index (χ3v) is 3.29. The molecule has 0 unspecified atom stereocenters. The number of amides is 1. The fraction of sp³-hybridized carbons (Fsp3) is 0.462. The molecule has 0 saturated heterocycles. The van der Waals surface area contributed by atoms with Gasteiger partial charge in [0.15, 0.2) is 0 Å². The van der Waals surface area contributed by atoms with Crippen LogP contribution in [0, 0.1) is 5.92 Å². The quantitative estimate of drug-likeness (QED) is 0.689. The molecule has 1 amide bonds. The van der Waals surface area contributed by atoms with Crippen LogP contribution in [0.15, 0.2) is 18.2 Å². The number of methoxy groups -OCH3 is 1. The minimum absolute atomic E-state index is 0.200. The van der Waals surface area contributed by atoms with Crippen LogP contribution in [0.4, 0.5) is 5.69 Å². The molecular formula is C13H18N2O3. The van der Waals surface area contributed by atoms with E-state index < -0.39 is 0 Å². The molecule has 1 fully saturated rings. The summed E-state index contributed by atoms with van der Waals surface area (Å²) >= 11 is 0. The summed E-state index contributed by atoms with van der Waals surface area (Å²) in [5.41, 5.74) is 6.62. The SMILES string of the molecule is COc1cccc(C(=O)NCC2CC(O)C2)c1N. The Morgan fingerprint density at radius 1 is 1.56 bits per heavy atom. The predicted octanol–water partition coefficient (Wildman–Crippen LogP) is 0.778. The van der Waals surface area contributed by atoms with Crippen LogP contribution in [-0.4, -0.2) is 30.8 Å². The number of aliphatic hydroxyl groups excluding tert-OH is 1. The standard InChI is InChI=1S/C13H18N2O3/c1-18-11-4-2-3-10(12(11)14)13(17)15-7-8-5-9(16)6-8/h2-4,8-9,16H,5-7,14H2,1H3,(H,15,17). The number of carbonyl (C=O) groups excluding carboxylic acids is 1. The number of para-hydroxylation sites is 1. The van der Waals surface area contributed by atoms with Crippen LogP contribution in [-0.2, 0) is 0 Å². The maximum absolute atomic E-state index is 12.0. The molecular weight excluding hydrogens is 232 g/mol. The Hall–Kier alpha value is -1.75. The van der Waals surface area contributed by atoms with Crippen molar-refractivity contribution in [3.05, 3.63) is 23.8 Å². The number of carbonyl (C=O) groups is 1. The van der Waals surface area contributed by atoms with Gasteiger partial charge in [0.25, 0.3) is 5.91 Å². The number of hydrogen-bond acceptors (Lipinski definition) is 4. The first-order valence-electron chi connectivity index (χ1n) is 6.00. The Balaban J connectivity index is 1.96. The molecule has 2 rings (SSSR count). The van der Waals surface area contributed by atoms with E-state index in [4.69, 9.17) is 15.6 Å². The van der Waals surface area contributed by atoms with Crippen LogP contribution < -0.4 is 15.8 Å². The van der Waals surface area contributed by atoms with Gasteiger partial charge in [-0.05, 0) is 30.9 Å². The molecule has 0 aliphatic heterocycles. The Kier molecular flexibility index (Phi) is 3.72. The smallest absolute Gasteiger partial charge is 0.253 e. The fourth-order valence-electron chi connectivity index (χ4n) is 2.12. The Bertz CT molecular complexity index is 442. The number of hydrogen-bond donors (Lipinski definition) is 3. The van der Waals surface area contributed by atoms with Crippen LogP contribution in [0.25, 0.3) is 0 Å². The minimum Gasteiger partial charge on any atom is -0.495 e. The van der Waals surface area contributed by atoms with Crippen LogP contribution in [0.1, 0.15) is 23.2 Å². The van der Waals surface area contributed by atoms with E-state index in [-0.39, 0.29) is 12.0 Å². The van der Waals surface area contributed by atoms with E-state index in [9.17, 15) is 4.79 Å². The molecule has 18 heavy (non-hydrogen) atoms. The van der Waals surface area contributed by atoms with Crippen molar-refractivity contribution < 1.29 is 14.6 Å². The lowest BCUT2D eigenvalue weighted by atomic mass is 9.82. The largest absolute Gasteiger partial charge is 0.495 e. The van der Waals surface area contributed by atoms with E-state index in [0.29, 0.717) is 29.5 Å². The summed E-state index contributed by atoms with van der Waals surface area (Å²) in [5.74, 6) is 0.672. The van der Waals surface area contributed by atoms with E-state index >= 15 is 0 Å². The van der Waals surface area contributed by atoms with Gasteiger partial charge in [-0.15, -0.1) is 0 Å². The molecule has 0 aromatic heterocycles. The topological polar surface area (TPSA) is 84.6 Å². The van der Waals surface area contributed by atoms with Gasteiger partial charge >= 0.3 is 0 Å². The molecule has 1 aromatic carbocycles. The second-order valence-corrected chi connectivity index (χ2v) is 4.62. The van der Waals surface area contributed by atoms with E-state index in [1.54, 1.807) is 18.2 Å². The van der Waals surface area contributed by atoms with Crippen molar-refractivity contribution >= 4 is 11.6 Å². The average molecular weight is 250 g/mol. The number of nitrogens with one attached hydrogen (secondary N) is 1. The summed E-state index contributed by atoms with van der Waals surface area (Å²) in [5, 5.41) is 12.0. The van der Waals surface area contributed by atoms with Gasteiger partial charge in [-0.25, -0.2) is 0 Å². The van der Waals surface area contributed by atoms with Gasteiger partial charge in [-0.3, -0.25) is 4.79 Å². The molecule has 1 aromatic rings. The van der Waals surface area contributed by atoms with Crippen LogP contribution >= 0.6 is 0 Å². The number of ether oxygens (including phenoxy) is 1. The molecule has 5 nitrogen and oxygen atoms in total. The summed E-state index contributed by atoms with van der Waals surface area (Å²) in [6, 6.07) is 5.12. The first-order valence-corrected chi connectivity index (χ1v) is 6.00. The summed E-state index contributed by atoms with van der Waals surface area (Å²) in [7, 11) is 1.52. The van der Waals surface area contributed by atoms with E-state index in [1.165, 1.54) is 7.11 Å². The third kappa shape index (κ3) is 2.56. The Morgan fingerprint density at radius 3 is 2.89 bits per heavy atom. The minimum atomic E-state index is -0.201. The highest BCUT2D eigenvalue weighted by atomic mass is 16.5. The Morgan fingerprint density at radius 2 is 2.28 bits per heavy atom. The van der Waals surface area contributed by atoms with Crippen molar-refractivity contribution in [3.63, 3.8) is 0 Å². The molecule has 0 bridgehead atoms. The van der Waals surface area contributed by atoms with Crippen molar-refractivity contribution in [2.24, 2.45) is 5.92 Å². The summed E-state index contributed by atoms with van der Waals surface area (Å²) in [4.78, 5) is 12.0. The van der Waals surface area contributed by atoms with Crippen molar-refractivity contribution in [3.8, 4) is 5.75 Å². The van der Waals surface area contributed by atoms with Gasteiger partial charge < -0.3 is 20.9 Å². The summed E-state index contributed by atoms with van der Waals surface area (Å²) in [6.45, 7) is 0.576. The molecule has 1 aliphatic rings.